The summed E-state index contributed by atoms with van der Waals surface area (Å²) in [6, 6.07) is 0. The van der Waals surface area contributed by atoms with Gasteiger partial charge in [0.15, 0.2) is 5.13 Å². The van der Waals surface area contributed by atoms with Crippen molar-refractivity contribution in [3.8, 4) is 0 Å². The molecule has 1 aromatic rings. The first kappa shape index (κ1) is 14.3. The minimum atomic E-state index is -3.36. The topological polar surface area (TPSA) is 91.7 Å². The molecule has 0 amide bonds. The van der Waals surface area contributed by atoms with Crippen LogP contribution >= 0.6 is 11.3 Å². The molecule has 2 rings (SSSR count). The lowest BCUT2D eigenvalue weighted by Crippen LogP contribution is -2.29. The highest BCUT2D eigenvalue weighted by Gasteiger charge is 2.27. The SMILES string of the molecule is CC(=NO)c1csc(NS(=O)(=O)C2CCCCC2)n1. The van der Waals surface area contributed by atoms with Crippen molar-refractivity contribution < 1.29 is 13.6 Å². The molecule has 0 atom stereocenters. The Hall–Kier alpha value is -1.15. The van der Waals surface area contributed by atoms with Crippen LogP contribution in [0, 0.1) is 0 Å². The van der Waals surface area contributed by atoms with Crippen molar-refractivity contribution >= 4 is 32.2 Å². The van der Waals surface area contributed by atoms with E-state index in [1.54, 1.807) is 12.3 Å². The molecule has 0 radical (unpaired) electrons. The third-order valence-electron chi connectivity index (χ3n) is 3.25. The molecule has 8 heteroatoms. The van der Waals surface area contributed by atoms with Gasteiger partial charge < -0.3 is 5.21 Å². The van der Waals surface area contributed by atoms with Crippen LogP contribution in [0.1, 0.15) is 44.7 Å². The molecule has 1 fully saturated rings. The monoisotopic (exact) mass is 303 g/mol. The standard InChI is InChI=1S/C11H17N3O3S2/c1-8(13-15)10-7-18-11(12-10)14-19(16,17)9-5-3-2-4-6-9/h7,9,15H,2-6H2,1H3,(H,12,14). The molecule has 19 heavy (non-hydrogen) atoms. The highest BCUT2D eigenvalue weighted by Crippen LogP contribution is 2.26. The Bertz CT molecular complexity index is 559. The summed E-state index contributed by atoms with van der Waals surface area (Å²) in [7, 11) is -3.36. The van der Waals surface area contributed by atoms with E-state index in [-0.39, 0.29) is 5.25 Å². The van der Waals surface area contributed by atoms with Gasteiger partial charge in [-0.3, -0.25) is 4.72 Å². The van der Waals surface area contributed by atoms with Gasteiger partial charge in [-0.1, -0.05) is 24.4 Å². The zero-order valence-electron chi connectivity index (χ0n) is 10.7. The molecule has 0 aliphatic heterocycles. The van der Waals surface area contributed by atoms with Crippen molar-refractivity contribution in [3.05, 3.63) is 11.1 Å². The first-order chi connectivity index (χ1) is 9.03. The number of nitrogens with one attached hydrogen (secondary N) is 1. The molecule has 0 aromatic carbocycles. The molecule has 6 nitrogen and oxygen atoms in total. The molecule has 1 aliphatic rings. The highest BCUT2D eigenvalue weighted by atomic mass is 32.2. The molecule has 2 N–H and O–H groups in total. The first-order valence-electron chi connectivity index (χ1n) is 6.19. The molecule has 0 bridgehead atoms. The van der Waals surface area contributed by atoms with Gasteiger partial charge in [0.2, 0.25) is 10.0 Å². The van der Waals surface area contributed by atoms with Crippen LogP contribution in [0.15, 0.2) is 10.5 Å². The Labute approximate surface area is 116 Å². The van der Waals surface area contributed by atoms with E-state index >= 15 is 0 Å². The maximum atomic E-state index is 12.2. The minimum absolute atomic E-state index is 0.318. The van der Waals surface area contributed by atoms with Gasteiger partial charge in [0.1, 0.15) is 11.4 Å². The van der Waals surface area contributed by atoms with Gasteiger partial charge >= 0.3 is 0 Å². The van der Waals surface area contributed by atoms with Crippen molar-refractivity contribution in [3.63, 3.8) is 0 Å². The fourth-order valence-corrected chi connectivity index (χ4v) is 4.67. The molecule has 106 valence electrons. The summed E-state index contributed by atoms with van der Waals surface area (Å²) in [4.78, 5) is 4.10. The largest absolute Gasteiger partial charge is 0.411 e. The van der Waals surface area contributed by atoms with Crippen molar-refractivity contribution in [2.24, 2.45) is 5.16 Å². The average Bonchev–Trinajstić information content (AvgIpc) is 2.86. The van der Waals surface area contributed by atoms with Crippen molar-refractivity contribution in [2.75, 3.05) is 4.72 Å². The third kappa shape index (κ3) is 3.44. The first-order valence-corrected chi connectivity index (χ1v) is 8.61. The Morgan fingerprint density at radius 2 is 2.16 bits per heavy atom. The lowest BCUT2D eigenvalue weighted by molar-refractivity contribution is 0.319. The van der Waals surface area contributed by atoms with E-state index in [4.69, 9.17) is 5.21 Å². The van der Waals surface area contributed by atoms with Gasteiger partial charge in [-0.15, -0.1) is 11.3 Å². The summed E-state index contributed by atoms with van der Waals surface area (Å²) in [6.45, 7) is 1.61. The summed E-state index contributed by atoms with van der Waals surface area (Å²) >= 11 is 1.19. The minimum Gasteiger partial charge on any atom is -0.411 e. The maximum absolute atomic E-state index is 12.2. The Kier molecular flexibility index (Phi) is 4.41. The molecule has 0 spiro atoms. The molecule has 1 saturated carbocycles. The smallest absolute Gasteiger partial charge is 0.237 e. The van der Waals surface area contributed by atoms with Gasteiger partial charge in [0, 0.05) is 5.38 Å². The van der Waals surface area contributed by atoms with Crippen LogP contribution in [-0.2, 0) is 10.0 Å². The van der Waals surface area contributed by atoms with E-state index < -0.39 is 10.0 Å². The van der Waals surface area contributed by atoms with Crippen LogP contribution in [0.25, 0.3) is 0 Å². The zero-order chi connectivity index (χ0) is 13.9. The van der Waals surface area contributed by atoms with Crippen molar-refractivity contribution in [1.82, 2.24) is 4.98 Å². The second kappa shape index (κ2) is 5.87. The van der Waals surface area contributed by atoms with Crippen LogP contribution in [0.3, 0.4) is 0 Å². The normalized spacial score (nSPS) is 18.5. The second-order valence-corrected chi connectivity index (χ2v) is 7.45. The summed E-state index contributed by atoms with van der Waals surface area (Å²) in [5, 5.41) is 13.4. The lowest BCUT2D eigenvalue weighted by atomic mass is 10.0. The maximum Gasteiger partial charge on any atom is 0.237 e. The average molecular weight is 303 g/mol. The second-order valence-electron chi connectivity index (χ2n) is 4.63. The number of oxime groups is 1. The summed E-state index contributed by atoms with van der Waals surface area (Å²) in [6.07, 6.45) is 4.46. The molecule has 0 saturated heterocycles. The molecule has 1 heterocycles. The van der Waals surface area contributed by atoms with Crippen LogP contribution in [0.4, 0.5) is 5.13 Å². The van der Waals surface area contributed by atoms with Crippen LogP contribution in [0.2, 0.25) is 0 Å². The van der Waals surface area contributed by atoms with E-state index in [1.807, 2.05) is 0 Å². The van der Waals surface area contributed by atoms with Crippen LogP contribution in [0.5, 0.6) is 0 Å². The Morgan fingerprint density at radius 1 is 1.47 bits per heavy atom. The molecule has 0 unspecified atom stereocenters. The van der Waals surface area contributed by atoms with Gasteiger partial charge in [0.05, 0.1) is 5.25 Å². The highest BCUT2D eigenvalue weighted by molar-refractivity contribution is 7.93. The molecular weight excluding hydrogens is 286 g/mol. The zero-order valence-corrected chi connectivity index (χ0v) is 12.3. The Balaban J connectivity index is 2.09. The van der Waals surface area contributed by atoms with Crippen molar-refractivity contribution in [2.45, 2.75) is 44.3 Å². The molecule has 1 aliphatic carbocycles. The van der Waals surface area contributed by atoms with E-state index in [1.165, 1.54) is 11.3 Å². The number of nitrogens with zero attached hydrogens (tertiary/aromatic N) is 2. The van der Waals surface area contributed by atoms with E-state index in [2.05, 4.69) is 14.9 Å². The van der Waals surface area contributed by atoms with Crippen molar-refractivity contribution in [1.29, 1.82) is 0 Å². The number of aromatic nitrogens is 1. The summed E-state index contributed by atoms with van der Waals surface area (Å²) in [5.41, 5.74) is 0.841. The predicted octanol–water partition coefficient (Wildman–Crippen LogP) is 2.42. The lowest BCUT2D eigenvalue weighted by Gasteiger charge is -2.21. The summed E-state index contributed by atoms with van der Waals surface area (Å²) in [5.74, 6) is 0. The molecule has 1 aromatic heterocycles. The van der Waals surface area contributed by atoms with Crippen LogP contribution < -0.4 is 4.72 Å². The Morgan fingerprint density at radius 3 is 2.79 bits per heavy atom. The number of hydrogen-bond acceptors (Lipinski definition) is 6. The molecular formula is C11H17N3O3S2. The van der Waals surface area contributed by atoms with Gasteiger partial charge in [0.25, 0.3) is 0 Å². The van der Waals surface area contributed by atoms with Gasteiger partial charge in [-0.2, -0.15) is 0 Å². The number of thiazole rings is 1. The number of sulfonamides is 1. The van der Waals surface area contributed by atoms with E-state index in [0.29, 0.717) is 29.4 Å². The van der Waals surface area contributed by atoms with E-state index in [0.717, 1.165) is 19.3 Å². The quantitative estimate of drug-likeness (QED) is 0.507. The number of hydrogen-bond donors (Lipinski definition) is 2. The fourth-order valence-electron chi connectivity index (χ4n) is 2.12. The third-order valence-corrected chi connectivity index (χ3v) is 5.96. The van der Waals surface area contributed by atoms with Crippen LogP contribution in [-0.4, -0.2) is 29.6 Å². The predicted molar refractivity (Wildman–Crippen MR) is 75.5 cm³/mol. The summed E-state index contributed by atoms with van der Waals surface area (Å²) < 4.78 is 26.9. The number of anilines is 1. The fraction of sp³-hybridized carbons (Fsp3) is 0.636. The number of rotatable bonds is 4. The van der Waals surface area contributed by atoms with E-state index in [9.17, 15) is 8.42 Å². The van der Waals surface area contributed by atoms with Gasteiger partial charge in [-0.25, -0.2) is 13.4 Å². The van der Waals surface area contributed by atoms with Gasteiger partial charge in [-0.05, 0) is 19.8 Å².